The van der Waals surface area contributed by atoms with Crippen LogP contribution in [0, 0.1) is 0 Å². The highest BCUT2D eigenvalue weighted by Gasteiger charge is 2.09. The molecule has 0 fully saturated rings. The van der Waals surface area contributed by atoms with Gasteiger partial charge in [-0.25, -0.2) is 0 Å². The summed E-state index contributed by atoms with van der Waals surface area (Å²) in [5.41, 5.74) is 5.28. The van der Waals surface area contributed by atoms with Crippen molar-refractivity contribution in [3.05, 3.63) is 12.0 Å². The SMILES string of the molecule is CO/N=C(\[C]=O)c1coc(N)n1. The minimum atomic E-state index is -0.0852. The van der Waals surface area contributed by atoms with Gasteiger partial charge in [-0.2, -0.15) is 4.98 Å². The minimum absolute atomic E-state index is 0.0379. The van der Waals surface area contributed by atoms with E-state index in [2.05, 4.69) is 19.4 Å². The number of oxime groups is 1. The maximum atomic E-state index is 10.2. The molecule has 1 rings (SSSR count). The summed E-state index contributed by atoms with van der Waals surface area (Å²) in [5, 5.41) is 3.34. The normalized spacial score (nSPS) is 11.2. The van der Waals surface area contributed by atoms with Gasteiger partial charge in [0, 0.05) is 0 Å². The van der Waals surface area contributed by atoms with E-state index in [4.69, 9.17) is 5.73 Å². The van der Waals surface area contributed by atoms with Crippen LogP contribution in [0.25, 0.3) is 0 Å². The van der Waals surface area contributed by atoms with Gasteiger partial charge in [0.2, 0.25) is 0 Å². The molecule has 0 unspecified atom stereocenters. The Hall–Kier alpha value is -1.85. The number of aromatic nitrogens is 1. The number of nitrogens with two attached hydrogens (primary N) is 1. The van der Waals surface area contributed by atoms with Gasteiger partial charge in [0.1, 0.15) is 19.1 Å². The first-order valence-electron chi connectivity index (χ1n) is 2.98. The third kappa shape index (κ3) is 1.60. The fourth-order valence-electron chi connectivity index (χ4n) is 0.605. The highest BCUT2D eigenvalue weighted by atomic mass is 16.6. The molecule has 2 N–H and O–H groups in total. The molecule has 0 spiro atoms. The van der Waals surface area contributed by atoms with Gasteiger partial charge in [-0.3, -0.25) is 4.79 Å². The Morgan fingerprint density at radius 3 is 3.08 bits per heavy atom. The summed E-state index contributed by atoms with van der Waals surface area (Å²) in [6.07, 6.45) is 2.72. The van der Waals surface area contributed by atoms with Gasteiger partial charge in [0.05, 0.1) is 0 Å². The lowest BCUT2D eigenvalue weighted by Gasteiger charge is -1.88. The highest BCUT2D eigenvalue weighted by molar-refractivity contribution is 6.35. The molecule has 1 aromatic heterocycles. The Morgan fingerprint density at radius 2 is 2.67 bits per heavy atom. The zero-order valence-electron chi connectivity index (χ0n) is 6.27. The molecule has 0 saturated carbocycles. The number of oxazole rings is 1. The molecule has 1 heterocycles. The van der Waals surface area contributed by atoms with Crippen molar-refractivity contribution in [2.75, 3.05) is 12.8 Å². The topological polar surface area (TPSA) is 90.7 Å². The fraction of sp³-hybridized carbons (Fsp3) is 0.167. The number of carbonyl (C=O) groups excluding carboxylic acids is 1. The molecular formula is C6H6N3O3. The van der Waals surface area contributed by atoms with Crippen LogP contribution in [0.1, 0.15) is 5.69 Å². The molecule has 0 aromatic carbocycles. The Labute approximate surface area is 68.0 Å². The van der Waals surface area contributed by atoms with Gasteiger partial charge < -0.3 is 15.0 Å². The molecule has 0 atom stereocenters. The van der Waals surface area contributed by atoms with E-state index in [-0.39, 0.29) is 17.4 Å². The molecule has 0 saturated heterocycles. The summed E-state index contributed by atoms with van der Waals surface area (Å²) >= 11 is 0. The van der Waals surface area contributed by atoms with E-state index in [0.717, 1.165) is 0 Å². The number of hydrogen-bond donors (Lipinski definition) is 1. The van der Waals surface area contributed by atoms with E-state index in [0.29, 0.717) is 0 Å². The molecule has 1 radical (unpaired) electrons. The third-order valence-electron chi connectivity index (χ3n) is 1.04. The van der Waals surface area contributed by atoms with Crippen molar-refractivity contribution in [2.24, 2.45) is 5.16 Å². The Morgan fingerprint density at radius 1 is 1.92 bits per heavy atom. The second-order valence-electron chi connectivity index (χ2n) is 1.80. The Bertz CT molecular complexity index is 305. The van der Waals surface area contributed by atoms with Crippen LogP contribution in [0.2, 0.25) is 0 Å². The average molecular weight is 168 g/mol. The largest absolute Gasteiger partial charge is 0.432 e. The second kappa shape index (κ2) is 3.51. The van der Waals surface area contributed by atoms with E-state index in [9.17, 15) is 4.79 Å². The summed E-state index contributed by atoms with van der Waals surface area (Å²) < 4.78 is 4.65. The molecule has 12 heavy (non-hydrogen) atoms. The van der Waals surface area contributed by atoms with Gasteiger partial charge in [0.25, 0.3) is 12.3 Å². The molecule has 63 valence electrons. The van der Waals surface area contributed by atoms with Crippen molar-refractivity contribution in [2.45, 2.75) is 0 Å². The van der Waals surface area contributed by atoms with Crippen LogP contribution in [0.15, 0.2) is 15.8 Å². The smallest absolute Gasteiger partial charge is 0.292 e. The van der Waals surface area contributed by atoms with Crippen LogP contribution in [-0.4, -0.2) is 24.1 Å². The molecule has 6 nitrogen and oxygen atoms in total. The zero-order chi connectivity index (χ0) is 8.97. The molecule has 0 amide bonds. The van der Waals surface area contributed by atoms with Crippen LogP contribution in [0.3, 0.4) is 0 Å². The molecule has 1 aromatic rings. The predicted molar refractivity (Wildman–Crippen MR) is 40.2 cm³/mol. The van der Waals surface area contributed by atoms with E-state index >= 15 is 0 Å². The Kier molecular flexibility index (Phi) is 2.42. The molecular weight excluding hydrogens is 162 g/mol. The fourth-order valence-corrected chi connectivity index (χ4v) is 0.605. The number of hydrogen-bond acceptors (Lipinski definition) is 6. The number of anilines is 1. The second-order valence-corrected chi connectivity index (χ2v) is 1.80. The van der Waals surface area contributed by atoms with Crippen molar-refractivity contribution in [3.8, 4) is 0 Å². The van der Waals surface area contributed by atoms with Crippen molar-refractivity contribution >= 4 is 18.0 Å². The molecule has 0 aliphatic heterocycles. The maximum absolute atomic E-state index is 10.2. The van der Waals surface area contributed by atoms with Gasteiger partial charge in [-0.15, -0.1) is 0 Å². The molecule has 6 heteroatoms. The van der Waals surface area contributed by atoms with E-state index in [1.54, 1.807) is 0 Å². The van der Waals surface area contributed by atoms with E-state index in [1.165, 1.54) is 19.7 Å². The number of nitrogen functional groups attached to an aromatic ring is 1. The summed E-state index contributed by atoms with van der Waals surface area (Å²) in [7, 11) is 1.31. The van der Waals surface area contributed by atoms with Crippen LogP contribution < -0.4 is 5.73 Å². The minimum Gasteiger partial charge on any atom is -0.432 e. The van der Waals surface area contributed by atoms with Crippen molar-refractivity contribution in [1.82, 2.24) is 4.98 Å². The van der Waals surface area contributed by atoms with Gasteiger partial charge >= 0.3 is 0 Å². The highest BCUT2D eigenvalue weighted by Crippen LogP contribution is 2.03. The third-order valence-corrected chi connectivity index (χ3v) is 1.04. The monoisotopic (exact) mass is 168 g/mol. The van der Waals surface area contributed by atoms with Crippen LogP contribution in [0.5, 0.6) is 0 Å². The lowest BCUT2D eigenvalue weighted by Crippen LogP contribution is -2.03. The standard InChI is InChI=1S/C6H6N3O3/c1-11-9-4(2-10)5-3-12-6(7)8-5/h3H,1H3,(H2,7,8)/b9-4+. The van der Waals surface area contributed by atoms with Crippen molar-refractivity contribution in [3.63, 3.8) is 0 Å². The van der Waals surface area contributed by atoms with Gasteiger partial charge in [-0.05, 0) is 0 Å². The molecule has 0 aliphatic carbocycles. The average Bonchev–Trinajstić information content (AvgIpc) is 2.47. The van der Waals surface area contributed by atoms with Gasteiger partial charge in [-0.1, -0.05) is 5.16 Å². The molecule has 0 aliphatic rings. The maximum Gasteiger partial charge on any atom is 0.292 e. The Balaban J connectivity index is 2.94. The molecule has 0 bridgehead atoms. The number of nitrogens with zero attached hydrogens (tertiary/aromatic N) is 2. The summed E-state index contributed by atoms with van der Waals surface area (Å²) in [4.78, 5) is 18.2. The summed E-state index contributed by atoms with van der Waals surface area (Å²) in [6, 6.07) is -0.0379. The zero-order valence-corrected chi connectivity index (χ0v) is 6.27. The lowest BCUT2D eigenvalue weighted by atomic mass is 10.3. The first kappa shape index (κ1) is 8.25. The van der Waals surface area contributed by atoms with Crippen molar-refractivity contribution in [1.29, 1.82) is 0 Å². The van der Waals surface area contributed by atoms with Gasteiger partial charge in [0.15, 0.2) is 5.71 Å². The van der Waals surface area contributed by atoms with Crippen molar-refractivity contribution < 1.29 is 14.0 Å². The summed E-state index contributed by atoms with van der Waals surface area (Å²) in [6.45, 7) is 0. The lowest BCUT2D eigenvalue weighted by molar-refractivity contribution is 0.214. The van der Waals surface area contributed by atoms with Crippen LogP contribution in [-0.2, 0) is 9.63 Å². The predicted octanol–water partition coefficient (Wildman–Crippen LogP) is -0.283. The first-order valence-corrected chi connectivity index (χ1v) is 2.98. The number of rotatable bonds is 3. The quantitative estimate of drug-likeness (QED) is 0.495. The van der Waals surface area contributed by atoms with E-state index in [1.807, 2.05) is 0 Å². The summed E-state index contributed by atoms with van der Waals surface area (Å²) in [5.74, 6) is 0. The van der Waals surface area contributed by atoms with Crippen LogP contribution >= 0.6 is 0 Å². The van der Waals surface area contributed by atoms with Crippen LogP contribution in [0.4, 0.5) is 6.01 Å². The van der Waals surface area contributed by atoms with E-state index < -0.39 is 0 Å². The first-order chi connectivity index (χ1) is 5.77.